The Bertz CT molecular complexity index is 907. The number of aromatic nitrogens is 1. The van der Waals surface area contributed by atoms with Gasteiger partial charge in [0, 0.05) is 24.6 Å². The van der Waals surface area contributed by atoms with E-state index in [0.717, 1.165) is 11.3 Å². The molecule has 0 spiro atoms. The van der Waals surface area contributed by atoms with Gasteiger partial charge in [0.2, 0.25) is 0 Å². The maximum Gasteiger partial charge on any atom is 0.253 e. The summed E-state index contributed by atoms with van der Waals surface area (Å²) in [4.78, 5) is 12.6. The first kappa shape index (κ1) is 17.9. The fourth-order valence-corrected chi connectivity index (χ4v) is 2.83. The van der Waals surface area contributed by atoms with Crippen LogP contribution in [0.2, 0.25) is 5.02 Å². The lowest BCUT2D eigenvalue weighted by Gasteiger charge is -2.12. The summed E-state index contributed by atoms with van der Waals surface area (Å²) in [5.74, 6) is 1.02. The van der Waals surface area contributed by atoms with Crippen molar-refractivity contribution >= 4 is 17.5 Å². The van der Waals surface area contributed by atoms with Gasteiger partial charge in [-0.3, -0.25) is 4.79 Å². The maximum absolute atomic E-state index is 12.6. The van der Waals surface area contributed by atoms with Crippen LogP contribution in [0.1, 0.15) is 15.9 Å². The molecule has 0 radical (unpaired) electrons. The predicted molar refractivity (Wildman–Crippen MR) is 101 cm³/mol. The van der Waals surface area contributed by atoms with Gasteiger partial charge in [0.1, 0.15) is 0 Å². The molecule has 0 bridgehead atoms. The Labute approximate surface area is 157 Å². The normalized spacial score (nSPS) is 10.4. The average Bonchev–Trinajstić information content (AvgIpc) is 3.21. The van der Waals surface area contributed by atoms with Crippen LogP contribution < -0.4 is 14.8 Å². The van der Waals surface area contributed by atoms with Crippen molar-refractivity contribution in [2.24, 2.45) is 0 Å². The topological polar surface area (TPSA) is 52.5 Å². The summed E-state index contributed by atoms with van der Waals surface area (Å²) in [6.07, 6.45) is 3.82. The Hall–Kier alpha value is -2.92. The summed E-state index contributed by atoms with van der Waals surface area (Å²) in [6, 6.07) is 14.7. The second-order valence-corrected chi connectivity index (χ2v) is 6.03. The molecule has 1 N–H and O–H groups in total. The van der Waals surface area contributed by atoms with Crippen LogP contribution in [-0.4, -0.2) is 24.7 Å². The minimum Gasteiger partial charge on any atom is -0.493 e. The Morgan fingerprint density at radius 1 is 1.04 bits per heavy atom. The molecule has 1 aromatic heterocycles. The monoisotopic (exact) mass is 370 g/mol. The lowest BCUT2D eigenvalue weighted by molar-refractivity contribution is 0.0951. The summed E-state index contributed by atoms with van der Waals surface area (Å²) in [6.45, 7) is 0.350. The highest BCUT2D eigenvalue weighted by molar-refractivity contribution is 6.33. The van der Waals surface area contributed by atoms with E-state index in [0.29, 0.717) is 28.6 Å². The van der Waals surface area contributed by atoms with E-state index in [1.807, 2.05) is 47.3 Å². The number of amides is 1. The highest BCUT2D eigenvalue weighted by Gasteiger charge is 2.12. The molecule has 0 fully saturated rings. The van der Waals surface area contributed by atoms with E-state index < -0.39 is 0 Å². The van der Waals surface area contributed by atoms with E-state index in [-0.39, 0.29) is 5.91 Å². The van der Waals surface area contributed by atoms with Gasteiger partial charge in [-0.05, 0) is 48.0 Å². The second-order valence-electron chi connectivity index (χ2n) is 5.63. The molecular weight excluding hydrogens is 352 g/mol. The quantitative estimate of drug-likeness (QED) is 0.711. The number of carbonyl (C=O) groups excluding carboxylic acids is 1. The molecule has 0 aliphatic heterocycles. The van der Waals surface area contributed by atoms with E-state index in [1.165, 1.54) is 0 Å². The number of nitrogens with one attached hydrogen (secondary N) is 1. The van der Waals surface area contributed by atoms with Crippen LogP contribution in [0.25, 0.3) is 5.69 Å². The summed E-state index contributed by atoms with van der Waals surface area (Å²) < 4.78 is 12.4. The van der Waals surface area contributed by atoms with Crippen molar-refractivity contribution in [3.8, 4) is 17.2 Å². The van der Waals surface area contributed by atoms with Gasteiger partial charge >= 0.3 is 0 Å². The summed E-state index contributed by atoms with van der Waals surface area (Å²) in [5.41, 5.74) is 2.20. The van der Waals surface area contributed by atoms with Crippen LogP contribution in [-0.2, 0) is 6.54 Å². The van der Waals surface area contributed by atoms with Crippen LogP contribution in [0.4, 0.5) is 0 Å². The molecule has 1 heterocycles. The number of rotatable bonds is 6. The average molecular weight is 371 g/mol. The van der Waals surface area contributed by atoms with Crippen molar-refractivity contribution in [1.29, 1.82) is 0 Å². The molecule has 0 atom stereocenters. The molecular formula is C20H19ClN2O3. The predicted octanol–water partition coefficient (Wildman–Crippen LogP) is 4.08. The SMILES string of the molecule is COc1ccc(CNC(=O)c2cc(-n3cccc3)ccc2Cl)cc1OC. The Kier molecular flexibility index (Phi) is 5.49. The summed E-state index contributed by atoms with van der Waals surface area (Å²) in [7, 11) is 3.16. The van der Waals surface area contributed by atoms with Gasteiger partial charge in [-0.25, -0.2) is 0 Å². The number of nitrogens with zero attached hydrogens (tertiary/aromatic N) is 1. The van der Waals surface area contributed by atoms with Crippen LogP contribution in [0.15, 0.2) is 60.9 Å². The summed E-state index contributed by atoms with van der Waals surface area (Å²) in [5, 5.41) is 3.30. The smallest absolute Gasteiger partial charge is 0.253 e. The van der Waals surface area contributed by atoms with E-state index in [1.54, 1.807) is 32.4 Å². The van der Waals surface area contributed by atoms with E-state index in [4.69, 9.17) is 21.1 Å². The first-order chi connectivity index (χ1) is 12.6. The minimum absolute atomic E-state index is 0.237. The van der Waals surface area contributed by atoms with Crippen molar-refractivity contribution in [3.05, 3.63) is 77.1 Å². The maximum atomic E-state index is 12.6. The third-order valence-electron chi connectivity index (χ3n) is 4.00. The van der Waals surface area contributed by atoms with Crippen LogP contribution in [0.5, 0.6) is 11.5 Å². The molecule has 0 saturated carbocycles. The number of ether oxygens (including phenoxy) is 2. The van der Waals surface area contributed by atoms with Gasteiger partial charge in [0.05, 0.1) is 24.8 Å². The van der Waals surface area contributed by atoms with Crippen molar-refractivity contribution in [3.63, 3.8) is 0 Å². The van der Waals surface area contributed by atoms with Crippen LogP contribution in [0.3, 0.4) is 0 Å². The van der Waals surface area contributed by atoms with Gasteiger partial charge in [-0.15, -0.1) is 0 Å². The molecule has 134 valence electrons. The standard InChI is InChI=1S/C20H19ClN2O3/c1-25-18-8-5-14(11-19(18)26-2)13-22-20(24)16-12-15(6-7-17(16)21)23-9-3-4-10-23/h3-12H,13H2,1-2H3,(H,22,24). The highest BCUT2D eigenvalue weighted by atomic mass is 35.5. The number of benzene rings is 2. The van der Waals surface area contributed by atoms with Gasteiger partial charge in [-0.1, -0.05) is 17.7 Å². The largest absolute Gasteiger partial charge is 0.493 e. The van der Waals surface area contributed by atoms with E-state index in [9.17, 15) is 4.79 Å². The number of carbonyl (C=O) groups is 1. The van der Waals surface area contributed by atoms with E-state index >= 15 is 0 Å². The molecule has 1 amide bonds. The van der Waals surface area contributed by atoms with Gasteiger partial charge < -0.3 is 19.4 Å². The Morgan fingerprint density at radius 3 is 2.46 bits per heavy atom. The molecule has 3 aromatic rings. The number of methoxy groups -OCH3 is 2. The molecule has 26 heavy (non-hydrogen) atoms. The third-order valence-corrected chi connectivity index (χ3v) is 4.33. The Balaban J connectivity index is 1.75. The molecule has 0 unspecified atom stereocenters. The number of hydrogen-bond donors (Lipinski definition) is 1. The fourth-order valence-electron chi connectivity index (χ4n) is 2.62. The van der Waals surface area contributed by atoms with Gasteiger partial charge in [0.25, 0.3) is 5.91 Å². The first-order valence-electron chi connectivity index (χ1n) is 8.04. The molecule has 0 aliphatic rings. The minimum atomic E-state index is -0.237. The summed E-state index contributed by atoms with van der Waals surface area (Å²) >= 11 is 6.21. The number of hydrogen-bond acceptors (Lipinski definition) is 3. The number of halogens is 1. The molecule has 5 nitrogen and oxygen atoms in total. The zero-order chi connectivity index (χ0) is 18.5. The van der Waals surface area contributed by atoms with E-state index in [2.05, 4.69) is 5.32 Å². The van der Waals surface area contributed by atoms with Crippen molar-refractivity contribution in [2.45, 2.75) is 6.54 Å². The van der Waals surface area contributed by atoms with Crippen LogP contribution >= 0.6 is 11.6 Å². The van der Waals surface area contributed by atoms with Crippen LogP contribution in [0, 0.1) is 0 Å². The lowest BCUT2D eigenvalue weighted by atomic mass is 10.1. The molecule has 0 saturated heterocycles. The zero-order valence-corrected chi connectivity index (χ0v) is 15.3. The Morgan fingerprint density at radius 2 is 1.77 bits per heavy atom. The molecule has 6 heteroatoms. The fraction of sp³-hybridized carbons (Fsp3) is 0.150. The van der Waals surface area contributed by atoms with Gasteiger partial charge in [-0.2, -0.15) is 0 Å². The van der Waals surface area contributed by atoms with Crippen molar-refractivity contribution in [2.75, 3.05) is 14.2 Å². The van der Waals surface area contributed by atoms with Crippen molar-refractivity contribution in [1.82, 2.24) is 9.88 Å². The first-order valence-corrected chi connectivity index (χ1v) is 8.42. The third kappa shape index (κ3) is 3.83. The molecule has 2 aromatic carbocycles. The molecule has 3 rings (SSSR count). The second kappa shape index (κ2) is 7.97. The molecule has 0 aliphatic carbocycles. The highest BCUT2D eigenvalue weighted by Crippen LogP contribution is 2.27. The lowest BCUT2D eigenvalue weighted by Crippen LogP contribution is -2.23. The van der Waals surface area contributed by atoms with Gasteiger partial charge in [0.15, 0.2) is 11.5 Å². The zero-order valence-electron chi connectivity index (χ0n) is 14.5. The van der Waals surface area contributed by atoms with Crippen molar-refractivity contribution < 1.29 is 14.3 Å².